The Hall–Kier alpha value is -0.940. The van der Waals surface area contributed by atoms with E-state index in [1.54, 1.807) is 11.3 Å². The molecule has 16 heavy (non-hydrogen) atoms. The summed E-state index contributed by atoms with van der Waals surface area (Å²) >= 11 is 1.65. The minimum absolute atomic E-state index is 0.000248. The minimum atomic E-state index is -0.176. The van der Waals surface area contributed by atoms with Crippen molar-refractivity contribution in [2.75, 3.05) is 0 Å². The fraction of sp³-hybridized carbons (Fsp3) is 0.636. The van der Waals surface area contributed by atoms with Gasteiger partial charge in [-0.25, -0.2) is 4.98 Å². The lowest BCUT2D eigenvalue weighted by molar-refractivity contribution is -0.122. The maximum Gasteiger partial charge on any atom is 0.222 e. The molecule has 1 aliphatic carbocycles. The van der Waals surface area contributed by atoms with Crippen LogP contribution in [0.3, 0.4) is 0 Å². The molecule has 1 heterocycles. The van der Waals surface area contributed by atoms with Crippen LogP contribution in [-0.4, -0.2) is 16.9 Å². The molecule has 0 bridgehead atoms. The van der Waals surface area contributed by atoms with Gasteiger partial charge in [-0.15, -0.1) is 11.3 Å². The number of aromatic nitrogens is 1. The maximum absolute atomic E-state index is 11.2. The van der Waals surface area contributed by atoms with Gasteiger partial charge in [-0.2, -0.15) is 0 Å². The van der Waals surface area contributed by atoms with Crippen LogP contribution in [0.2, 0.25) is 0 Å². The van der Waals surface area contributed by atoms with E-state index in [9.17, 15) is 4.79 Å². The van der Waals surface area contributed by atoms with E-state index in [0.29, 0.717) is 0 Å². The van der Waals surface area contributed by atoms with Crippen molar-refractivity contribution < 1.29 is 4.79 Å². The molecule has 1 aliphatic rings. The zero-order chi connectivity index (χ0) is 11.5. The van der Waals surface area contributed by atoms with Crippen LogP contribution in [0.1, 0.15) is 30.0 Å². The first-order valence-corrected chi connectivity index (χ1v) is 6.48. The fourth-order valence-electron chi connectivity index (χ4n) is 2.27. The van der Waals surface area contributed by atoms with Crippen LogP contribution < -0.4 is 11.1 Å². The van der Waals surface area contributed by atoms with E-state index in [1.165, 1.54) is 0 Å². The van der Waals surface area contributed by atoms with Gasteiger partial charge in [0, 0.05) is 18.0 Å². The fourth-order valence-corrected chi connectivity index (χ4v) is 2.88. The monoisotopic (exact) mass is 239 g/mol. The zero-order valence-electron chi connectivity index (χ0n) is 9.40. The number of nitrogens with two attached hydrogens (primary N) is 1. The number of hydrogen-bond donors (Lipinski definition) is 2. The molecule has 4 nitrogen and oxygen atoms in total. The van der Waals surface area contributed by atoms with Gasteiger partial charge in [0.05, 0.1) is 16.6 Å². The van der Waals surface area contributed by atoms with Crippen LogP contribution in [0.5, 0.6) is 0 Å². The highest BCUT2D eigenvalue weighted by Crippen LogP contribution is 2.25. The summed E-state index contributed by atoms with van der Waals surface area (Å²) in [4.78, 5) is 15.6. The molecule has 2 unspecified atom stereocenters. The zero-order valence-corrected chi connectivity index (χ0v) is 10.2. The van der Waals surface area contributed by atoms with Crippen LogP contribution in [0.15, 0.2) is 5.38 Å². The van der Waals surface area contributed by atoms with Crippen LogP contribution in [0.4, 0.5) is 0 Å². The summed E-state index contributed by atoms with van der Waals surface area (Å²) < 4.78 is 0. The third kappa shape index (κ3) is 2.59. The second kappa shape index (κ2) is 4.93. The van der Waals surface area contributed by atoms with Crippen molar-refractivity contribution in [3.8, 4) is 0 Å². The lowest BCUT2D eigenvalue weighted by atomic mass is 10.0. The number of primary amides is 1. The average molecular weight is 239 g/mol. The molecule has 5 heteroatoms. The molecule has 3 N–H and O–H groups in total. The van der Waals surface area contributed by atoms with Crippen molar-refractivity contribution in [1.82, 2.24) is 10.3 Å². The summed E-state index contributed by atoms with van der Waals surface area (Å²) in [7, 11) is 0. The highest BCUT2D eigenvalue weighted by Gasteiger charge is 2.30. The van der Waals surface area contributed by atoms with E-state index in [2.05, 4.69) is 15.7 Å². The molecule has 0 spiro atoms. The quantitative estimate of drug-likeness (QED) is 0.829. The molecule has 2 rings (SSSR count). The summed E-state index contributed by atoms with van der Waals surface area (Å²) in [6.07, 6.45) is 3.04. The first-order chi connectivity index (χ1) is 7.66. The average Bonchev–Trinajstić information content (AvgIpc) is 2.83. The van der Waals surface area contributed by atoms with Crippen molar-refractivity contribution in [2.24, 2.45) is 11.7 Å². The molecule has 1 aromatic rings. The first-order valence-electron chi connectivity index (χ1n) is 5.60. The van der Waals surface area contributed by atoms with Gasteiger partial charge in [0.25, 0.3) is 0 Å². The number of aryl methyl sites for hydroxylation is 1. The van der Waals surface area contributed by atoms with E-state index < -0.39 is 0 Å². The molecule has 2 atom stereocenters. The van der Waals surface area contributed by atoms with E-state index in [-0.39, 0.29) is 17.9 Å². The summed E-state index contributed by atoms with van der Waals surface area (Å²) in [5, 5.41) is 6.52. The third-order valence-corrected chi connectivity index (χ3v) is 3.92. The highest BCUT2D eigenvalue weighted by molar-refractivity contribution is 7.09. The van der Waals surface area contributed by atoms with Crippen molar-refractivity contribution >= 4 is 17.2 Å². The predicted octanol–water partition coefficient (Wildman–Crippen LogP) is 1.20. The second-order valence-electron chi connectivity index (χ2n) is 4.29. The standard InChI is InChI=1S/C11H17N3OS/c1-7-14-8(6-16-7)5-13-10-4-2-3-9(10)11(12)15/h6,9-10,13H,2-5H2,1H3,(H2,12,15). The number of carbonyl (C=O) groups excluding carboxylic acids is 1. The number of hydrogen-bond acceptors (Lipinski definition) is 4. The predicted molar refractivity (Wildman–Crippen MR) is 64.0 cm³/mol. The summed E-state index contributed by atoms with van der Waals surface area (Å²) in [6.45, 7) is 2.73. The Morgan fingerprint density at radius 1 is 1.69 bits per heavy atom. The highest BCUT2D eigenvalue weighted by atomic mass is 32.1. The maximum atomic E-state index is 11.2. The lowest BCUT2D eigenvalue weighted by Crippen LogP contribution is -2.38. The Morgan fingerprint density at radius 2 is 2.50 bits per heavy atom. The van der Waals surface area contributed by atoms with Crippen LogP contribution in [-0.2, 0) is 11.3 Å². The summed E-state index contributed by atoms with van der Waals surface area (Å²) in [5.41, 5.74) is 6.42. The smallest absolute Gasteiger partial charge is 0.222 e. The largest absolute Gasteiger partial charge is 0.369 e. The molecule has 0 aliphatic heterocycles. The molecule has 1 saturated carbocycles. The first kappa shape index (κ1) is 11.5. The molecule has 0 radical (unpaired) electrons. The van der Waals surface area contributed by atoms with Crippen molar-refractivity contribution in [3.05, 3.63) is 16.1 Å². The Labute approximate surface area is 99.3 Å². The van der Waals surface area contributed by atoms with Gasteiger partial charge in [0.2, 0.25) is 5.91 Å². The second-order valence-corrected chi connectivity index (χ2v) is 5.35. The van der Waals surface area contributed by atoms with Crippen LogP contribution in [0, 0.1) is 12.8 Å². The Balaban J connectivity index is 1.87. The van der Waals surface area contributed by atoms with Gasteiger partial charge in [0.15, 0.2) is 0 Å². The van der Waals surface area contributed by atoms with E-state index >= 15 is 0 Å². The molecule has 88 valence electrons. The number of thiazole rings is 1. The summed E-state index contributed by atoms with van der Waals surface area (Å²) in [5.74, 6) is -0.177. The third-order valence-electron chi connectivity index (χ3n) is 3.09. The van der Waals surface area contributed by atoms with Gasteiger partial charge >= 0.3 is 0 Å². The number of nitrogens with zero attached hydrogens (tertiary/aromatic N) is 1. The number of amides is 1. The topological polar surface area (TPSA) is 68.0 Å². The van der Waals surface area contributed by atoms with Crippen molar-refractivity contribution in [3.63, 3.8) is 0 Å². The van der Waals surface area contributed by atoms with Crippen molar-refractivity contribution in [1.29, 1.82) is 0 Å². The summed E-state index contributed by atoms with van der Waals surface area (Å²) in [6, 6.07) is 0.236. The van der Waals surface area contributed by atoms with Gasteiger partial charge in [-0.05, 0) is 19.8 Å². The van der Waals surface area contributed by atoms with Crippen molar-refractivity contribution in [2.45, 2.75) is 38.8 Å². The molecule has 1 amide bonds. The minimum Gasteiger partial charge on any atom is -0.369 e. The SMILES string of the molecule is Cc1nc(CNC2CCCC2C(N)=O)cs1. The Kier molecular flexibility index (Phi) is 3.56. The Bertz CT molecular complexity index is 377. The molecule has 1 aromatic heterocycles. The van der Waals surface area contributed by atoms with Gasteiger partial charge < -0.3 is 11.1 Å². The molecule has 0 saturated heterocycles. The van der Waals surface area contributed by atoms with Crippen LogP contribution in [0.25, 0.3) is 0 Å². The van der Waals surface area contributed by atoms with E-state index in [4.69, 9.17) is 5.73 Å². The molecule has 1 fully saturated rings. The van der Waals surface area contributed by atoms with Crippen LogP contribution >= 0.6 is 11.3 Å². The van der Waals surface area contributed by atoms with Gasteiger partial charge in [0.1, 0.15) is 0 Å². The molecule has 0 aromatic carbocycles. The van der Waals surface area contributed by atoms with Gasteiger partial charge in [-0.1, -0.05) is 6.42 Å². The Morgan fingerprint density at radius 3 is 3.12 bits per heavy atom. The normalized spacial score (nSPS) is 24.8. The number of rotatable bonds is 4. The number of carbonyl (C=O) groups is 1. The van der Waals surface area contributed by atoms with Gasteiger partial charge in [-0.3, -0.25) is 4.79 Å². The van der Waals surface area contributed by atoms with E-state index in [1.807, 2.05) is 6.92 Å². The van der Waals surface area contributed by atoms with E-state index in [0.717, 1.165) is 36.5 Å². The molecular weight excluding hydrogens is 222 g/mol. The lowest BCUT2D eigenvalue weighted by Gasteiger charge is -2.17. The molecular formula is C11H17N3OS. The number of nitrogens with one attached hydrogen (secondary N) is 1.